The van der Waals surface area contributed by atoms with Gasteiger partial charge in [-0.1, -0.05) is 31.5 Å². The van der Waals surface area contributed by atoms with Crippen LogP contribution in [0.25, 0.3) is 0 Å². The van der Waals surface area contributed by atoms with Crippen molar-refractivity contribution in [3.63, 3.8) is 0 Å². The molecule has 2 saturated carbocycles. The van der Waals surface area contributed by atoms with E-state index in [1.54, 1.807) is 6.08 Å². The van der Waals surface area contributed by atoms with Crippen LogP contribution in [-0.4, -0.2) is 22.3 Å². The minimum Gasteiger partial charge on any atom is -0.382 e. The molecule has 0 radical (unpaired) electrons. The minimum atomic E-state index is -1.21. The van der Waals surface area contributed by atoms with E-state index in [4.69, 9.17) is 11.6 Å². The van der Waals surface area contributed by atoms with Crippen LogP contribution in [0.5, 0.6) is 0 Å². The van der Waals surface area contributed by atoms with Crippen molar-refractivity contribution in [2.45, 2.75) is 64.9 Å². The molecule has 0 amide bonds. The van der Waals surface area contributed by atoms with Gasteiger partial charge >= 0.3 is 0 Å². The first-order chi connectivity index (χ1) is 11.6. The van der Waals surface area contributed by atoms with Gasteiger partial charge in [0, 0.05) is 16.9 Å². The average molecular weight is 363 g/mol. The van der Waals surface area contributed by atoms with Crippen LogP contribution in [0.3, 0.4) is 0 Å². The molecule has 0 unspecified atom stereocenters. The summed E-state index contributed by atoms with van der Waals surface area (Å²) in [5.74, 6) is 1.04. The number of halogens is 1. The van der Waals surface area contributed by atoms with Crippen LogP contribution in [0, 0.1) is 28.6 Å². The molecule has 1 N–H and O–H groups in total. The van der Waals surface area contributed by atoms with Crippen molar-refractivity contribution in [1.82, 2.24) is 0 Å². The molecular formula is C21H27ClO3. The summed E-state index contributed by atoms with van der Waals surface area (Å²) in [6.45, 7) is 5.88. The number of fused-ring (bicyclic) bond motifs is 5. The van der Waals surface area contributed by atoms with Gasteiger partial charge in [0.15, 0.2) is 11.6 Å². The lowest BCUT2D eigenvalue weighted by molar-refractivity contribution is -0.156. The number of Topliss-reactive ketones (excluding diaryl/α,β-unsaturated/α-hetero) is 1. The third-order valence-corrected chi connectivity index (χ3v) is 8.62. The summed E-state index contributed by atoms with van der Waals surface area (Å²) in [6.07, 6.45) is 8.57. The zero-order valence-corrected chi connectivity index (χ0v) is 16.0. The summed E-state index contributed by atoms with van der Waals surface area (Å²) in [7, 11) is 0. The van der Waals surface area contributed by atoms with E-state index in [0.717, 1.165) is 31.3 Å². The maximum Gasteiger partial charge on any atom is 0.161 e. The van der Waals surface area contributed by atoms with Gasteiger partial charge in [-0.15, -0.1) is 0 Å². The van der Waals surface area contributed by atoms with Crippen LogP contribution in [0.1, 0.15) is 59.3 Å². The molecule has 2 fully saturated rings. The zero-order valence-electron chi connectivity index (χ0n) is 15.3. The molecule has 25 heavy (non-hydrogen) atoms. The summed E-state index contributed by atoms with van der Waals surface area (Å²) in [4.78, 5) is 24.2. The molecule has 6 atom stereocenters. The van der Waals surface area contributed by atoms with E-state index >= 15 is 0 Å². The predicted octanol–water partition coefficient (Wildman–Crippen LogP) is 4.18. The molecule has 0 aromatic rings. The number of allylic oxidation sites excluding steroid dienone is 4. The van der Waals surface area contributed by atoms with Crippen LogP contribution in [0.15, 0.2) is 22.8 Å². The van der Waals surface area contributed by atoms with E-state index in [-0.39, 0.29) is 34.2 Å². The van der Waals surface area contributed by atoms with Crippen molar-refractivity contribution < 1.29 is 14.7 Å². The van der Waals surface area contributed by atoms with Crippen molar-refractivity contribution in [2.24, 2.45) is 28.6 Å². The van der Waals surface area contributed by atoms with E-state index < -0.39 is 5.60 Å². The lowest BCUT2D eigenvalue weighted by Crippen LogP contribution is -2.56. The first-order valence-electron chi connectivity index (χ1n) is 9.49. The summed E-state index contributed by atoms with van der Waals surface area (Å²) < 4.78 is 0. The Kier molecular flexibility index (Phi) is 3.70. The largest absolute Gasteiger partial charge is 0.382 e. The van der Waals surface area contributed by atoms with Crippen molar-refractivity contribution in [3.05, 3.63) is 22.8 Å². The predicted molar refractivity (Wildman–Crippen MR) is 97.0 cm³/mol. The van der Waals surface area contributed by atoms with E-state index in [1.165, 1.54) is 6.92 Å². The highest BCUT2D eigenvalue weighted by Gasteiger charge is 2.65. The van der Waals surface area contributed by atoms with Crippen molar-refractivity contribution in [2.75, 3.05) is 0 Å². The summed E-state index contributed by atoms with van der Waals surface area (Å²) in [6, 6.07) is 0. The van der Waals surface area contributed by atoms with Crippen molar-refractivity contribution in [3.8, 4) is 0 Å². The number of carbonyl (C=O) groups excluding carboxylic acids is 2. The van der Waals surface area contributed by atoms with E-state index in [0.29, 0.717) is 23.8 Å². The molecule has 0 bridgehead atoms. The maximum absolute atomic E-state index is 12.2. The molecule has 4 aliphatic rings. The molecule has 0 aliphatic heterocycles. The second kappa shape index (κ2) is 5.29. The Bertz CT molecular complexity index is 723. The Hall–Kier alpha value is -0.930. The van der Waals surface area contributed by atoms with Crippen LogP contribution < -0.4 is 0 Å². The first kappa shape index (κ1) is 17.5. The topological polar surface area (TPSA) is 54.4 Å². The van der Waals surface area contributed by atoms with E-state index in [2.05, 4.69) is 19.9 Å². The molecule has 0 aromatic carbocycles. The van der Waals surface area contributed by atoms with Gasteiger partial charge in [0.1, 0.15) is 5.60 Å². The third kappa shape index (κ3) is 2.09. The van der Waals surface area contributed by atoms with Gasteiger partial charge in [-0.2, -0.15) is 0 Å². The smallest absolute Gasteiger partial charge is 0.161 e. The number of hydrogen-bond acceptors (Lipinski definition) is 3. The summed E-state index contributed by atoms with van der Waals surface area (Å²) in [5.41, 5.74) is -0.643. The van der Waals surface area contributed by atoms with Gasteiger partial charge in [0.25, 0.3) is 0 Å². The summed E-state index contributed by atoms with van der Waals surface area (Å²) >= 11 is 6.65. The Morgan fingerprint density at radius 3 is 2.56 bits per heavy atom. The molecule has 0 spiro atoms. The van der Waals surface area contributed by atoms with E-state index in [9.17, 15) is 14.7 Å². The zero-order chi connectivity index (χ0) is 18.2. The Labute approximate surface area is 154 Å². The Morgan fingerprint density at radius 1 is 1.20 bits per heavy atom. The van der Waals surface area contributed by atoms with Gasteiger partial charge in [-0.3, -0.25) is 9.59 Å². The fourth-order valence-corrected chi connectivity index (χ4v) is 7.08. The third-order valence-electron chi connectivity index (χ3n) is 8.29. The molecule has 136 valence electrons. The molecule has 4 heteroatoms. The standard InChI is InChI=1S/C21H27ClO3/c1-12(23)21(25)9-6-16-14-11-18(22)17-10-13(24)4-7-19(17,2)15(14)5-8-20(16,21)3/h10-11,14-16,25H,4-9H2,1-3H3/t14-,15+,16+,19-,20-,21+/m0/s1. The minimum absolute atomic E-state index is 0.0668. The highest BCUT2D eigenvalue weighted by Crippen LogP contribution is 2.67. The Balaban J connectivity index is 1.80. The van der Waals surface area contributed by atoms with Crippen LogP contribution in [0.4, 0.5) is 0 Å². The van der Waals surface area contributed by atoms with Gasteiger partial charge in [0.05, 0.1) is 0 Å². The number of carbonyl (C=O) groups is 2. The molecule has 4 rings (SSSR count). The fraction of sp³-hybridized carbons (Fsp3) is 0.714. The average Bonchev–Trinajstić information content (AvgIpc) is 2.83. The van der Waals surface area contributed by atoms with Crippen molar-refractivity contribution >= 4 is 23.2 Å². The van der Waals surface area contributed by atoms with Gasteiger partial charge in [-0.05, 0) is 73.8 Å². The molecule has 0 aromatic heterocycles. The first-order valence-corrected chi connectivity index (χ1v) is 9.87. The lowest BCUT2D eigenvalue weighted by Gasteiger charge is -2.57. The lowest BCUT2D eigenvalue weighted by atomic mass is 9.48. The molecule has 3 nitrogen and oxygen atoms in total. The van der Waals surface area contributed by atoms with Crippen LogP contribution >= 0.6 is 11.6 Å². The highest BCUT2D eigenvalue weighted by atomic mass is 35.5. The number of hydrogen-bond donors (Lipinski definition) is 1. The number of rotatable bonds is 1. The quantitative estimate of drug-likeness (QED) is 0.761. The highest BCUT2D eigenvalue weighted by molar-refractivity contribution is 6.32. The molecule has 0 heterocycles. The SMILES string of the molecule is CC(=O)[C@]1(O)CC[C@@H]2[C@H]3C=C(Cl)C4=CC(=O)CC[C@@]4(C)[C@@H]3CC[C@@]21C. The van der Waals surface area contributed by atoms with E-state index in [1.807, 2.05) is 0 Å². The Morgan fingerprint density at radius 2 is 1.88 bits per heavy atom. The monoisotopic (exact) mass is 362 g/mol. The molecule has 0 saturated heterocycles. The number of aliphatic hydroxyl groups is 1. The summed E-state index contributed by atoms with van der Waals surface area (Å²) in [5, 5.41) is 11.9. The fourth-order valence-electron chi connectivity index (χ4n) is 6.67. The second-order valence-corrected chi connectivity index (χ2v) is 9.57. The van der Waals surface area contributed by atoms with Crippen LogP contribution in [-0.2, 0) is 9.59 Å². The van der Waals surface area contributed by atoms with Gasteiger partial charge in [0.2, 0.25) is 0 Å². The second-order valence-electron chi connectivity index (χ2n) is 9.16. The van der Waals surface area contributed by atoms with Gasteiger partial charge in [-0.25, -0.2) is 0 Å². The number of ketones is 2. The normalized spacial score (nSPS) is 48.8. The maximum atomic E-state index is 12.2. The van der Waals surface area contributed by atoms with Crippen molar-refractivity contribution in [1.29, 1.82) is 0 Å². The molecular weight excluding hydrogens is 336 g/mol. The van der Waals surface area contributed by atoms with Gasteiger partial charge < -0.3 is 5.11 Å². The van der Waals surface area contributed by atoms with Crippen LogP contribution in [0.2, 0.25) is 0 Å². The molecule has 4 aliphatic carbocycles.